The van der Waals surface area contributed by atoms with E-state index >= 15 is 0 Å². The molecule has 9 nitrogen and oxygen atoms in total. The molecule has 0 spiro atoms. The van der Waals surface area contributed by atoms with Crippen molar-refractivity contribution in [3.63, 3.8) is 0 Å². The Labute approximate surface area is 111 Å². The van der Waals surface area contributed by atoms with Crippen LogP contribution < -0.4 is 10.6 Å². The number of nitrogens with zero attached hydrogens (tertiary/aromatic N) is 4. The molecule has 0 radical (unpaired) electrons. The summed E-state index contributed by atoms with van der Waals surface area (Å²) in [4.78, 5) is 22.3. The lowest BCUT2D eigenvalue weighted by Gasteiger charge is -2.05. The molecule has 0 aliphatic carbocycles. The summed E-state index contributed by atoms with van der Waals surface area (Å²) in [6.07, 6.45) is 0. The number of aromatic nitrogens is 3. The summed E-state index contributed by atoms with van der Waals surface area (Å²) in [5.74, 6) is -0.637. The molecule has 0 fully saturated rings. The van der Waals surface area contributed by atoms with E-state index in [0.29, 0.717) is 5.69 Å². The average molecular weight is 280 g/mol. The van der Waals surface area contributed by atoms with Crippen LogP contribution in [0, 0.1) is 10.1 Å². The van der Waals surface area contributed by atoms with Gasteiger partial charge < -0.3 is 5.32 Å². The van der Waals surface area contributed by atoms with E-state index in [1.807, 2.05) is 0 Å². The number of nitro benzene ring substituents is 1. The molecule has 1 amide bonds. The highest BCUT2D eigenvalue weighted by Gasteiger charge is 2.21. The Morgan fingerprint density at radius 3 is 2.84 bits per heavy atom. The van der Waals surface area contributed by atoms with Crippen LogP contribution in [0.4, 0.5) is 16.5 Å². The maximum absolute atomic E-state index is 12.0. The van der Waals surface area contributed by atoms with E-state index in [1.54, 1.807) is 7.05 Å². The molecule has 1 aromatic carbocycles. The highest BCUT2D eigenvalue weighted by molar-refractivity contribution is 7.09. The van der Waals surface area contributed by atoms with Gasteiger partial charge in [0.25, 0.3) is 11.6 Å². The highest BCUT2D eigenvalue weighted by Crippen LogP contribution is 2.23. The van der Waals surface area contributed by atoms with Gasteiger partial charge in [0.2, 0.25) is 5.13 Å². The molecule has 0 bridgehead atoms. The Morgan fingerprint density at radius 2 is 2.26 bits per heavy atom. The first-order valence-electron chi connectivity index (χ1n) is 5.04. The zero-order chi connectivity index (χ0) is 13.8. The minimum absolute atomic E-state index is 0.0629. The fraction of sp³-hybridized carbons (Fsp3) is 0.111. The van der Waals surface area contributed by atoms with Crippen molar-refractivity contribution < 1.29 is 9.72 Å². The van der Waals surface area contributed by atoms with Crippen molar-refractivity contribution >= 4 is 33.9 Å². The maximum atomic E-state index is 12.0. The number of amides is 1. The van der Waals surface area contributed by atoms with Gasteiger partial charge in [0.15, 0.2) is 0 Å². The fourth-order valence-electron chi connectivity index (χ4n) is 1.38. The van der Waals surface area contributed by atoms with Crippen LogP contribution in [0.5, 0.6) is 0 Å². The fourth-order valence-corrected chi connectivity index (χ4v) is 1.74. The lowest BCUT2D eigenvalue weighted by molar-refractivity contribution is -0.385. The van der Waals surface area contributed by atoms with E-state index in [9.17, 15) is 14.9 Å². The van der Waals surface area contributed by atoms with Gasteiger partial charge in [0.1, 0.15) is 5.56 Å². The second-order valence-corrected chi connectivity index (χ2v) is 4.09. The van der Waals surface area contributed by atoms with Crippen LogP contribution in [-0.2, 0) is 0 Å². The SMILES string of the molecule is CNc1ccc([N+](=O)[O-])c(C(=O)Nc2nnns2)c1. The molecule has 19 heavy (non-hydrogen) atoms. The molecule has 1 heterocycles. The van der Waals surface area contributed by atoms with Crippen LogP contribution in [0.25, 0.3) is 0 Å². The van der Waals surface area contributed by atoms with E-state index in [2.05, 4.69) is 25.4 Å². The topological polar surface area (TPSA) is 123 Å². The summed E-state index contributed by atoms with van der Waals surface area (Å²) in [6, 6.07) is 4.17. The Balaban J connectivity index is 2.35. The van der Waals surface area contributed by atoms with Crippen LogP contribution in [0.2, 0.25) is 0 Å². The summed E-state index contributed by atoms with van der Waals surface area (Å²) >= 11 is 0.880. The van der Waals surface area contributed by atoms with Crippen LogP contribution in [0.1, 0.15) is 10.4 Å². The van der Waals surface area contributed by atoms with Gasteiger partial charge in [-0.05, 0) is 17.3 Å². The molecule has 2 N–H and O–H groups in total. The Kier molecular flexibility index (Phi) is 3.61. The third-order valence-electron chi connectivity index (χ3n) is 2.25. The number of benzene rings is 1. The van der Waals surface area contributed by atoms with E-state index in [-0.39, 0.29) is 16.4 Å². The smallest absolute Gasteiger partial charge is 0.282 e. The van der Waals surface area contributed by atoms with Gasteiger partial charge in [-0.25, -0.2) is 0 Å². The van der Waals surface area contributed by atoms with Gasteiger partial charge in [0.05, 0.1) is 4.92 Å². The maximum Gasteiger partial charge on any atom is 0.282 e. The summed E-state index contributed by atoms with van der Waals surface area (Å²) < 4.78 is 3.48. The minimum Gasteiger partial charge on any atom is -0.388 e. The molecule has 10 heteroatoms. The van der Waals surface area contributed by atoms with Crippen LogP contribution in [-0.4, -0.2) is 32.7 Å². The molecule has 0 atom stereocenters. The first-order chi connectivity index (χ1) is 9.11. The Bertz CT molecular complexity index is 614. The van der Waals surface area contributed by atoms with Gasteiger partial charge in [-0.1, -0.05) is 9.59 Å². The number of hydrogen-bond donors (Lipinski definition) is 2. The molecule has 0 aliphatic rings. The Hall–Kier alpha value is -2.62. The summed E-state index contributed by atoms with van der Waals surface area (Å²) in [6.45, 7) is 0. The molecule has 2 rings (SSSR count). The number of carbonyl (C=O) groups is 1. The number of carbonyl (C=O) groups excluding carboxylic acids is 1. The predicted octanol–water partition coefficient (Wildman–Crippen LogP) is 1.14. The summed E-state index contributed by atoms with van der Waals surface area (Å²) in [5, 5.41) is 23.1. The summed E-state index contributed by atoms with van der Waals surface area (Å²) in [7, 11) is 1.65. The van der Waals surface area contributed by atoms with Crippen molar-refractivity contribution in [1.82, 2.24) is 14.8 Å². The van der Waals surface area contributed by atoms with E-state index in [0.717, 1.165) is 11.5 Å². The van der Waals surface area contributed by atoms with Gasteiger partial charge >= 0.3 is 0 Å². The van der Waals surface area contributed by atoms with Gasteiger partial charge in [-0.15, -0.1) is 0 Å². The summed E-state index contributed by atoms with van der Waals surface area (Å²) in [5.41, 5.74) is 0.243. The molecule has 0 unspecified atom stereocenters. The van der Waals surface area contributed by atoms with Crippen molar-refractivity contribution in [2.75, 3.05) is 17.7 Å². The van der Waals surface area contributed by atoms with Crippen molar-refractivity contribution in [2.45, 2.75) is 0 Å². The molecule has 0 saturated carbocycles. The largest absolute Gasteiger partial charge is 0.388 e. The van der Waals surface area contributed by atoms with Crippen molar-refractivity contribution in [2.24, 2.45) is 0 Å². The second kappa shape index (κ2) is 5.35. The third kappa shape index (κ3) is 2.80. The predicted molar refractivity (Wildman–Crippen MR) is 68.3 cm³/mol. The normalized spacial score (nSPS) is 9.95. The standard InChI is InChI=1S/C9H8N6O3S/c1-10-5-2-3-7(15(17)18)6(4-5)8(16)11-9-12-13-14-19-9/h2-4,10H,1H3,(H,11,12,14,16). The van der Waals surface area contributed by atoms with Crippen LogP contribution in [0.3, 0.4) is 0 Å². The monoisotopic (exact) mass is 280 g/mol. The number of anilines is 2. The van der Waals surface area contributed by atoms with Crippen LogP contribution in [0.15, 0.2) is 18.2 Å². The molecular weight excluding hydrogens is 272 g/mol. The third-order valence-corrected chi connectivity index (χ3v) is 2.76. The lowest BCUT2D eigenvalue weighted by Crippen LogP contribution is -2.14. The number of nitrogens with one attached hydrogen (secondary N) is 2. The molecule has 0 aliphatic heterocycles. The van der Waals surface area contributed by atoms with Gasteiger partial charge in [-0.3, -0.25) is 20.2 Å². The van der Waals surface area contributed by atoms with Gasteiger partial charge in [-0.2, -0.15) is 0 Å². The molecular formula is C9H8N6O3S. The van der Waals surface area contributed by atoms with E-state index in [4.69, 9.17) is 0 Å². The Morgan fingerprint density at radius 1 is 1.47 bits per heavy atom. The molecule has 98 valence electrons. The molecule has 1 aromatic heterocycles. The molecule has 2 aromatic rings. The van der Waals surface area contributed by atoms with E-state index in [1.165, 1.54) is 18.2 Å². The van der Waals surface area contributed by atoms with Crippen LogP contribution >= 0.6 is 11.5 Å². The average Bonchev–Trinajstić information content (AvgIpc) is 2.90. The first-order valence-corrected chi connectivity index (χ1v) is 5.81. The van der Waals surface area contributed by atoms with Crippen molar-refractivity contribution in [3.05, 3.63) is 33.9 Å². The number of hydrogen-bond acceptors (Lipinski definition) is 8. The zero-order valence-electron chi connectivity index (χ0n) is 9.65. The molecule has 0 saturated heterocycles. The second-order valence-electron chi connectivity index (χ2n) is 3.36. The highest BCUT2D eigenvalue weighted by atomic mass is 32.1. The number of nitro groups is 1. The first kappa shape index (κ1) is 12.8. The number of rotatable bonds is 4. The minimum atomic E-state index is -0.637. The van der Waals surface area contributed by atoms with E-state index < -0.39 is 10.8 Å². The lowest BCUT2D eigenvalue weighted by atomic mass is 10.1. The van der Waals surface area contributed by atoms with Crippen molar-refractivity contribution in [3.8, 4) is 0 Å². The quantitative estimate of drug-likeness (QED) is 0.635. The van der Waals surface area contributed by atoms with Crippen molar-refractivity contribution in [1.29, 1.82) is 0 Å². The van der Waals surface area contributed by atoms with Gasteiger partial charge in [0, 0.05) is 30.3 Å². The zero-order valence-corrected chi connectivity index (χ0v) is 10.5.